The van der Waals surface area contributed by atoms with Crippen LogP contribution in [-0.4, -0.2) is 237 Å². The predicted molar refractivity (Wildman–Crippen MR) is 174 cm³/mol. The molecule has 1 saturated carbocycles. The summed E-state index contributed by atoms with van der Waals surface area (Å²) in [6, 6.07) is -1.84. The highest BCUT2D eigenvalue weighted by atomic mass is 31.2. The summed E-state index contributed by atoms with van der Waals surface area (Å²) in [5.41, 5.74) is 11.5. The van der Waals surface area contributed by atoms with Gasteiger partial charge >= 0.3 is 15.4 Å². The summed E-state index contributed by atoms with van der Waals surface area (Å²) in [4.78, 5) is 28.9. The summed E-state index contributed by atoms with van der Waals surface area (Å²) in [5, 5.41) is 125. The van der Waals surface area contributed by atoms with Crippen LogP contribution in [0.5, 0.6) is 0 Å². The van der Waals surface area contributed by atoms with Gasteiger partial charge in [-0.15, -0.1) is 0 Å². The summed E-state index contributed by atoms with van der Waals surface area (Å²) in [5.74, 6) is 0. The third-order valence-electron chi connectivity index (χ3n) is 9.40. The number of hydrogen-bond acceptors (Lipinski definition) is 25. The highest BCUT2D eigenvalue weighted by molar-refractivity contribution is 7.52. The van der Waals surface area contributed by atoms with Crippen molar-refractivity contribution in [2.75, 3.05) is 32.5 Å². The number of hydrogen-bond donors (Lipinski definition) is 18. The van der Waals surface area contributed by atoms with Gasteiger partial charge in [0.25, 0.3) is 0 Å². The van der Waals surface area contributed by atoms with Gasteiger partial charge in [-0.3, -0.25) is 9.09 Å². The number of ether oxygens (including phenoxy) is 6. The molecule has 22 N–H and O–H groups in total. The molecule has 3 saturated heterocycles. The Bertz CT molecular complexity index is 1320. The zero-order chi connectivity index (χ0) is 41.3. The number of rotatable bonds is 15. The molecule has 3 aliphatic heterocycles. The van der Waals surface area contributed by atoms with Gasteiger partial charge < -0.3 is 127 Å². The first kappa shape index (κ1) is 49.8. The number of phosphoric ester groups is 1. The molecule has 0 bridgehead atoms. The van der Waals surface area contributed by atoms with Gasteiger partial charge in [0.2, 0.25) is 0 Å². The minimum atomic E-state index is -5.50. The Balaban J connectivity index is 0.00000841. The molecular weight excluding hydrogens is 816 g/mol. The van der Waals surface area contributed by atoms with E-state index in [1.54, 1.807) is 0 Å². The average Bonchev–Trinajstić information content (AvgIpc) is 3.12. The maximum Gasteiger partial charge on any atom is 0.470 e. The Morgan fingerprint density at radius 2 is 1.04 bits per heavy atom. The molecule has 56 heavy (non-hydrogen) atoms. The Morgan fingerprint density at radius 1 is 0.554 bits per heavy atom. The van der Waals surface area contributed by atoms with Crippen LogP contribution in [0, 0.1) is 0 Å². The Morgan fingerprint density at radius 3 is 1.59 bits per heavy atom. The van der Waals surface area contributed by atoms with Crippen LogP contribution in [0.3, 0.4) is 0 Å². The molecule has 0 amide bonds. The lowest BCUT2D eigenvalue weighted by molar-refractivity contribution is -0.362. The van der Waals surface area contributed by atoms with Crippen molar-refractivity contribution in [2.24, 2.45) is 11.5 Å². The SMILES string of the molecule is N.NCCP(=O)(O)OC[C@H]1O[C@H](O[C@H]2[C@H](O)[C@@H](O)[C@H](O)[C@H](O)[C@@H]2OP(=O)(O)O)[C@H](N)[C@@H](O)[C@@H]1O[C@H]1O[C@H](CO[C@H]2O[C@H](CO)[C@@H](O)[C@H](O)[C@@H]2O)[C@@H](O)[C@H](O)[C@@H]1O. The summed E-state index contributed by atoms with van der Waals surface area (Å²) in [6.45, 7) is -2.88. The third kappa shape index (κ3) is 11.4. The first-order chi connectivity index (χ1) is 25.5. The van der Waals surface area contributed by atoms with E-state index in [4.69, 9.17) is 44.4 Å². The zero-order valence-corrected chi connectivity index (χ0v) is 31.0. The molecular formula is C26H53N3O25P2. The lowest BCUT2D eigenvalue weighted by Crippen LogP contribution is -2.69. The lowest BCUT2D eigenvalue weighted by Gasteiger charge is -2.49. The van der Waals surface area contributed by atoms with E-state index in [9.17, 15) is 85.1 Å². The number of phosphoric acid groups is 1. The normalized spacial score (nSPS) is 47.5. The molecule has 4 rings (SSSR count). The molecule has 22 atom stereocenters. The van der Waals surface area contributed by atoms with Crippen molar-refractivity contribution in [3.63, 3.8) is 0 Å². The van der Waals surface area contributed by atoms with E-state index in [1.807, 2.05) is 0 Å². The molecule has 1 unspecified atom stereocenters. The molecule has 0 aromatic carbocycles. The highest BCUT2D eigenvalue weighted by Gasteiger charge is 2.56. The van der Waals surface area contributed by atoms with Crippen molar-refractivity contribution < 1.29 is 123 Å². The fourth-order valence-corrected chi connectivity index (χ4v) is 7.67. The topological polar surface area (TPSA) is 498 Å². The third-order valence-corrected chi connectivity index (χ3v) is 11.3. The van der Waals surface area contributed by atoms with E-state index in [0.717, 1.165) is 0 Å². The molecule has 1 aliphatic carbocycles. The van der Waals surface area contributed by atoms with Gasteiger partial charge in [0.1, 0.15) is 104 Å². The standard InChI is InChI=1S/C26H50N2O25P2.H3N/c27-1-2-54(41,42)47-5-8-21(12(32)9(28)24(50-8)52-22-17(37)15(35)16(36)18(38)23(22)53-55(43,44)45)51-26-20(40)14(34)11(31)7(49-26)4-46-25-19(39)13(33)10(30)6(3-29)48-25;/h6-26,29-40H,1-5,27-28H2,(H,41,42)(H2,43,44,45);1H3/t6-,7-,8-,9-,10-,11-,12-,13+,14+,15+,16+,17-,18+,19+,20+,21-,22+,23+,24-,25+,26-;/m1./s1. The van der Waals surface area contributed by atoms with Crippen molar-refractivity contribution >= 4 is 15.4 Å². The predicted octanol–water partition coefficient (Wildman–Crippen LogP) is -9.95. The maximum atomic E-state index is 12.5. The van der Waals surface area contributed by atoms with Crippen LogP contribution in [0.2, 0.25) is 0 Å². The van der Waals surface area contributed by atoms with E-state index in [0.29, 0.717) is 0 Å². The fraction of sp³-hybridized carbons (Fsp3) is 1.00. The van der Waals surface area contributed by atoms with E-state index in [-0.39, 0.29) is 12.7 Å². The molecule has 332 valence electrons. The molecule has 0 radical (unpaired) electrons. The van der Waals surface area contributed by atoms with Crippen LogP contribution in [0.1, 0.15) is 0 Å². The maximum absolute atomic E-state index is 12.5. The second kappa shape index (κ2) is 20.3. The van der Waals surface area contributed by atoms with Crippen LogP contribution < -0.4 is 17.6 Å². The minimum absolute atomic E-state index is 0. The largest absolute Gasteiger partial charge is 0.470 e. The van der Waals surface area contributed by atoms with Crippen molar-refractivity contribution in [3.8, 4) is 0 Å². The van der Waals surface area contributed by atoms with Crippen LogP contribution in [0.15, 0.2) is 0 Å². The van der Waals surface area contributed by atoms with E-state index < -0.39 is 170 Å². The van der Waals surface area contributed by atoms with Gasteiger partial charge in [0, 0.05) is 6.54 Å². The van der Waals surface area contributed by atoms with Crippen molar-refractivity contribution in [3.05, 3.63) is 0 Å². The minimum Gasteiger partial charge on any atom is -0.394 e. The summed E-state index contributed by atoms with van der Waals surface area (Å²) in [6.07, 6.45) is -40.1. The second-order valence-corrected chi connectivity index (χ2v) is 16.5. The van der Waals surface area contributed by atoms with Gasteiger partial charge in [-0.2, -0.15) is 0 Å². The summed E-state index contributed by atoms with van der Waals surface area (Å²) < 4.78 is 66.9. The Kier molecular flexibility index (Phi) is 18.1. The molecule has 0 spiro atoms. The highest BCUT2D eigenvalue weighted by Crippen LogP contribution is 2.44. The number of nitrogens with two attached hydrogens (primary N) is 2. The summed E-state index contributed by atoms with van der Waals surface area (Å²) in [7, 11) is -9.97. The van der Waals surface area contributed by atoms with Crippen LogP contribution in [0.25, 0.3) is 0 Å². The molecule has 4 fully saturated rings. The fourth-order valence-electron chi connectivity index (χ4n) is 6.27. The van der Waals surface area contributed by atoms with Crippen LogP contribution in [-0.2, 0) is 46.6 Å². The van der Waals surface area contributed by atoms with Gasteiger partial charge in [0.05, 0.1) is 32.0 Å². The number of aliphatic hydroxyl groups is 12. The lowest BCUT2D eigenvalue weighted by atomic mass is 9.84. The molecule has 30 heteroatoms. The van der Waals surface area contributed by atoms with Crippen molar-refractivity contribution in [1.82, 2.24) is 6.15 Å². The van der Waals surface area contributed by atoms with Crippen LogP contribution in [0.4, 0.5) is 0 Å². The van der Waals surface area contributed by atoms with E-state index >= 15 is 0 Å². The van der Waals surface area contributed by atoms with Gasteiger partial charge in [-0.25, -0.2) is 4.57 Å². The first-order valence-electron chi connectivity index (χ1n) is 16.7. The second-order valence-electron chi connectivity index (χ2n) is 13.3. The zero-order valence-electron chi connectivity index (χ0n) is 29.2. The summed E-state index contributed by atoms with van der Waals surface area (Å²) >= 11 is 0. The molecule has 0 aromatic heterocycles. The Labute approximate surface area is 316 Å². The molecule has 4 aliphatic rings. The monoisotopic (exact) mass is 869 g/mol. The molecule has 0 aromatic rings. The van der Waals surface area contributed by atoms with Gasteiger partial charge in [-0.1, -0.05) is 0 Å². The smallest absolute Gasteiger partial charge is 0.394 e. The van der Waals surface area contributed by atoms with Crippen molar-refractivity contribution in [1.29, 1.82) is 0 Å². The van der Waals surface area contributed by atoms with Gasteiger partial charge in [0.15, 0.2) is 18.9 Å². The molecule has 28 nitrogen and oxygen atoms in total. The molecule has 3 heterocycles. The average molecular weight is 870 g/mol. The van der Waals surface area contributed by atoms with Gasteiger partial charge in [-0.05, 0) is 0 Å². The van der Waals surface area contributed by atoms with E-state index in [1.165, 1.54) is 0 Å². The first-order valence-corrected chi connectivity index (χ1v) is 20.0. The van der Waals surface area contributed by atoms with Crippen LogP contribution >= 0.6 is 15.4 Å². The van der Waals surface area contributed by atoms with E-state index in [2.05, 4.69) is 4.52 Å². The van der Waals surface area contributed by atoms with Crippen molar-refractivity contribution in [2.45, 2.75) is 129 Å². The Hall–Kier alpha value is -0.580. The quantitative estimate of drug-likeness (QED) is 0.0679. The number of aliphatic hydroxyl groups excluding tert-OH is 12.